The lowest BCUT2D eigenvalue weighted by molar-refractivity contribution is -0.160. The van der Waals surface area contributed by atoms with Crippen LogP contribution in [0.15, 0.2) is 0 Å². The van der Waals surface area contributed by atoms with Crippen molar-refractivity contribution >= 4 is 5.97 Å². The third-order valence-corrected chi connectivity index (χ3v) is 5.10. The summed E-state index contributed by atoms with van der Waals surface area (Å²) in [5.41, 5.74) is -0.481. The van der Waals surface area contributed by atoms with Crippen LogP contribution in [0.1, 0.15) is 79.6 Å². The van der Waals surface area contributed by atoms with Gasteiger partial charge in [0.25, 0.3) is 0 Å². The molecule has 0 heterocycles. The van der Waals surface area contributed by atoms with Crippen LogP contribution in [0, 0.1) is 16.7 Å². The highest BCUT2D eigenvalue weighted by molar-refractivity contribution is 5.76. The number of ether oxygens (including phenoxy) is 1. The molecule has 1 fully saturated rings. The van der Waals surface area contributed by atoms with Gasteiger partial charge in [-0.15, -0.1) is 0 Å². The standard InChI is InChI=1S/C17H32O2/c1-16(2,3)17(4,5)15(18)19-13-9-12-14-10-7-6-8-11-14/h14H,6-13H2,1-5H3. The average Bonchev–Trinajstić information content (AvgIpc) is 2.34. The zero-order valence-corrected chi connectivity index (χ0v) is 13.6. The highest BCUT2D eigenvalue weighted by Gasteiger charge is 2.41. The van der Waals surface area contributed by atoms with Crippen LogP contribution in [0.3, 0.4) is 0 Å². The summed E-state index contributed by atoms with van der Waals surface area (Å²) < 4.78 is 5.49. The first-order chi connectivity index (χ1) is 8.75. The van der Waals surface area contributed by atoms with E-state index in [1.54, 1.807) is 0 Å². The molecule has 0 unspecified atom stereocenters. The molecule has 0 spiro atoms. The summed E-state index contributed by atoms with van der Waals surface area (Å²) >= 11 is 0. The van der Waals surface area contributed by atoms with E-state index in [1.807, 2.05) is 13.8 Å². The van der Waals surface area contributed by atoms with Gasteiger partial charge in [-0.05, 0) is 38.0 Å². The maximum atomic E-state index is 12.1. The Kier molecular flexibility index (Phi) is 5.88. The quantitative estimate of drug-likeness (QED) is 0.520. The van der Waals surface area contributed by atoms with Gasteiger partial charge in [0, 0.05) is 0 Å². The Bertz CT molecular complexity index is 280. The minimum Gasteiger partial charge on any atom is -0.465 e. The molecule has 0 aliphatic heterocycles. The Labute approximate surface area is 119 Å². The molecule has 0 atom stereocenters. The van der Waals surface area contributed by atoms with Crippen molar-refractivity contribution in [3.63, 3.8) is 0 Å². The zero-order chi connectivity index (χ0) is 14.5. The van der Waals surface area contributed by atoms with Crippen molar-refractivity contribution in [2.75, 3.05) is 6.61 Å². The summed E-state index contributed by atoms with van der Waals surface area (Å²) in [7, 11) is 0. The number of hydrogen-bond donors (Lipinski definition) is 0. The first-order valence-electron chi connectivity index (χ1n) is 7.92. The van der Waals surface area contributed by atoms with Crippen molar-refractivity contribution in [3.05, 3.63) is 0 Å². The molecule has 2 nitrogen and oxygen atoms in total. The van der Waals surface area contributed by atoms with Gasteiger partial charge in [-0.2, -0.15) is 0 Å². The fraction of sp³-hybridized carbons (Fsp3) is 0.941. The predicted octanol–water partition coefficient (Wildman–Crippen LogP) is 4.96. The molecule has 0 bridgehead atoms. The molecule has 19 heavy (non-hydrogen) atoms. The fourth-order valence-corrected chi connectivity index (χ4v) is 2.50. The molecular formula is C17H32O2. The van der Waals surface area contributed by atoms with Crippen LogP contribution in [0.4, 0.5) is 0 Å². The molecule has 0 amide bonds. The van der Waals surface area contributed by atoms with Gasteiger partial charge in [-0.25, -0.2) is 0 Å². The van der Waals surface area contributed by atoms with Crippen molar-refractivity contribution in [2.24, 2.45) is 16.7 Å². The van der Waals surface area contributed by atoms with E-state index in [-0.39, 0.29) is 11.4 Å². The van der Waals surface area contributed by atoms with E-state index in [0.717, 1.165) is 12.3 Å². The van der Waals surface area contributed by atoms with E-state index in [1.165, 1.54) is 38.5 Å². The van der Waals surface area contributed by atoms with Gasteiger partial charge >= 0.3 is 5.97 Å². The van der Waals surface area contributed by atoms with Gasteiger partial charge in [-0.3, -0.25) is 4.79 Å². The molecule has 0 N–H and O–H groups in total. The Balaban J connectivity index is 2.23. The van der Waals surface area contributed by atoms with Crippen molar-refractivity contribution in [3.8, 4) is 0 Å². The second-order valence-corrected chi connectivity index (χ2v) is 7.66. The Morgan fingerprint density at radius 1 is 1.05 bits per heavy atom. The van der Waals surface area contributed by atoms with Crippen molar-refractivity contribution in [1.82, 2.24) is 0 Å². The molecule has 0 aromatic rings. The molecule has 1 saturated carbocycles. The van der Waals surface area contributed by atoms with Gasteiger partial charge in [0.2, 0.25) is 0 Å². The highest BCUT2D eigenvalue weighted by atomic mass is 16.5. The van der Waals surface area contributed by atoms with Crippen molar-refractivity contribution < 1.29 is 9.53 Å². The topological polar surface area (TPSA) is 26.3 Å². The molecule has 2 heteroatoms. The second-order valence-electron chi connectivity index (χ2n) is 7.66. The number of carbonyl (C=O) groups is 1. The Morgan fingerprint density at radius 2 is 1.63 bits per heavy atom. The van der Waals surface area contributed by atoms with E-state index in [9.17, 15) is 4.79 Å². The lowest BCUT2D eigenvalue weighted by Crippen LogP contribution is -2.39. The average molecular weight is 268 g/mol. The molecule has 0 aromatic carbocycles. The number of carbonyl (C=O) groups excluding carboxylic acids is 1. The van der Waals surface area contributed by atoms with E-state index in [2.05, 4.69) is 20.8 Å². The molecule has 0 saturated heterocycles. The van der Waals surface area contributed by atoms with Gasteiger partial charge in [-0.1, -0.05) is 52.9 Å². The molecule has 0 radical (unpaired) electrons. The van der Waals surface area contributed by atoms with Crippen molar-refractivity contribution in [2.45, 2.75) is 79.6 Å². The SMILES string of the molecule is CC(C)(C)C(C)(C)C(=O)OCCCC1CCCCC1. The minimum absolute atomic E-state index is 0.0522. The lowest BCUT2D eigenvalue weighted by Gasteiger charge is -2.36. The largest absolute Gasteiger partial charge is 0.465 e. The smallest absolute Gasteiger partial charge is 0.312 e. The van der Waals surface area contributed by atoms with Crippen LogP contribution in [-0.4, -0.2) is 12.6 Å². The number of esters is 1. The monoisotopic (exact) mass is 268 g/mol. The van der Waals surface area contributed by atoms with Crippen LogP contribution in [0.25, 0.3) is 0 Å². The van der Waals surface area contributed by atoms with Crippen LogP contribution in [-0.2, 0) is 9.53 Å². The maximum absolute atomic E-state index is 12.1. The second kappa shape index (κ2) is 6.76. The molecular weight excluding hydrogens is 236 g/mol. The number of rotatable bonds is 5. The van der Waals surface area contributed by atoms with E-state index in [0.29, 0.717) is 6.61 Å². The maximum Gasteiger partial charge on any atom is 0.312 e. The lowest BCUT2D eigenvalue weighted by atomic mass is 9.69. The molecule has 112 valence electrons. The minimum atomic E-state index is -0.419. The summed E-state index contributed by atoms with van der Waals surface area (Å²) in [5, 5.41) is 0. The van der Waals surface area contributed by atoms with Gasteiger partial charge in [0.1, 0.15) is 0 Å². The van der Waals surface area contributed by atoms with Gasteiger partial charge in [0.05, 0.1) is 12.0 Å². The van der Waals surface area contributed by atoms with Crippen molar-refractivity contribution in [1.29, 1.82) is 0 Å². The van der Waals surface area contributed by atoms with Crippen LogP contribution in [0.2, 0.25) is 0 Å². The number of hydrogen-bond acceptors (Lipinski definition) is 2. The Morgan fingerprint density at radius 3 is 2.16 bits per heavy atom. The third kappa shape index (κ3) is 4.81. The van der Waals surface area contributed by atoms with E-state index < -0.39 is 5.41 Å². The third-order valence-electron chi connectivity index (χ3n) is 5.10. The summed E-state index contributed by atoms with van der Waals surface area (Å²) in [4.78, 5) is 12.1. The van der Waals surface area contributed by atoms with Crippen LogP contribution < -0.4 is 0 Å². The summed E-state index contributed by atoms with van der Waals surface area (Å²) in [6.07, 6.45) is 9.19. The first kappa shape index (κ1) is 16.5. The molecule has 0 aromatic heterocycles. The van der Waals surface area contributed by atoms with Crippen LogP contribution in [0.5, 0.6) is 0 Å². The normalized spacial score (nSPS) is 18.4. The van der Waals surface area contributed by atoms with Gasteiger partial charge < -0.3 is 4.74 Å². The molecule has 1 aliphatic carbocycles. The zero-order valence-electron chi connectivity index (χ0n) is 13.6. The highest BCUT2D eigenvalue weighted by Crippen LogP contribution is 2.38. The van der Waals surface area contributed by atoms with E-state index in [4.69, 9.17) is 4.74 Å². The first-order valence-corrected chi connectivity index (χ1v) is 7.92. The predicted molar refractivity (Wildman–Crippen MR) is 80.0 cm³/mol. The molecule has 1 aliphatic rings. The fourth-order valence-electron chi connectivity index (χ4n) is 2.50. The Hall–Kier alpha value is -0.530. The summed E-state index contributed by atoms with van der Waals surface area (Å²) in [6, 6.07) is 0. The molecule has 1 rings (SSSR count). The van der Waals surface area contributed by atoms with Gasteiger partial charge in [0.15, 0.2) is 0 Å². The summed E-state index contributed by atoms with van der Waals surface area (Å²) in [6.45, 7) is 10.8. The van der Waals surface area contributed by atoms with Crippen LogP contribution >= 0.6 is 0 Å². The van der Waals surface area contributed by atoms with E-state index >= 15 is 0 Å². The summed E-state index contributed by atoms with van der Waals surface area (Å²) in [5.74, 6) is 0.826.